The first-order valence-corrected chi connectivity index (χ1v) is 9.99. The Morgan fingerprint density at radius 3 is 3.00 bits per heavy atom. The van der Waals surface area contributed by atoms with E-state index in [1.54, 1.807) is 18.3 Å². The molecule has 1 unspecified atom stereocenters. The second-order valence-electron chi connectivity index (χ2n) is 7.75. The molecule has 4 rings (SSSR count). The van der Waals surface area contributed by atoms with E-state index in [1.165, 1.54) is 7.11 Å². The number of pyridine rings is 1. The van der Waals surface area contributed by atoms with Crippen LogP contribution in [0.5, 0.6) is 0 Å². The molecule has 0 spiro atoms. The Labute approximate surface area is 174 Å². The van der Waals surface area contributed by atoms with Crippen LogP contribution in [-0.4, -0.2) is 36.8 Å². The van der Waals surface area contributed by atoms with Crippen LogP contribution in [-0.2, 0) is 33.8 Å². The molecule has 1 N–H and O–H groups in total. The molecule has 2 aliphatic rings. The Morgan fingerprint density at radius 2 is 2.23 bits per heavy atom. The van der Waals surface area contributed by atoms with Crippen LogP contribution in [0.25, 0.3) is 0 Å². The summed E-state index contributed by atoms with van der Waals surface area (Å²) >= 11 is 0. The first-order valence-electron chi connectivity index (χ1n) is 9.99. The monoisotopic (exact) mass is 413 g/mol. The second kappa shape index (κ2) is 8.69. The molecule has 0 aliphatic carbocycles. The van der Waals surface area contributed by atoms with Gasteiger partial charge in [-0.1, -0.05) is 12.1 Å². The molecule has 2 atom stereocenters. The lowest BCUT2D eigenvalue weighted by molar-refractivity contribution is -0.156. The molecule has 30 heavy (non-hydrogen) atoms. The summed E-state index contributed by atoms with van der Waals surface area (Å²) in [6, 6.07) is 9.17. The summed E-state index contributed by atoms with van der Waals surface area (Å²) in [5.74, 6) is -0.550. The van der Waals surface area contributed by atoms with Crippen LogP contribution < -0.4 is 10.2 Å². The van der Waals surface area contributed by atoms with E-state index in [1.807, 2.05) is 23.1 Å². The summed E-state index contributed by atoms with van der Waals surface area (Å²) in [7, 11) is 1.28. The number of benzene rings is 1. The average molecular weight is 413 g/mol. The normalized spacial score (nSPS) is 20.5. The van der Waals surface area contributed by atoms with Gasteiger partial charge in [-0.25, -0.2) is 9.18 Å². The number of amides is 1. The topological polar surface area (TPSA) is 80.8 Å². The number of aromatic nitrogens is 1. The Morgan fingerprint density at radius 1 is 1.37 bits per heavy atom. The summed E-state index contributed by atoms with van der Waals surface area (Å²) in [6.07, 6.45) is 2.24. The third-order valence-corrected chi connectivity index (χ3v) is 5.57. The minimum atomic E-state index is -0.565. The van der Waals surface area contributed by atoms with Crippen LogP contribution in [0.2, 0.25) is 0 Å². The number of anilines is 1. The first kappa shape index (κ1) is 20.1. The van der Waals surface area contributed by atoms with E-state index in [9.17, 15) is 14.0 Å². The second-order valence-corrected chi connectivity index (χ2v) is 7.75. The predicted molar refractivity (Wildman–Crippen MR) is 107 cm³/mol. The first-order chi connectivity index (χ1) is 14.5. The maximum absolute atomic E-state index is 14.9. The van der Waals surface area contributed by atoms with E-state index in [0.717, 1.165) is 16.8 Å². The number of hydrogen-bond acceptors (Lipinski definition) is 6. The van der Waals surface area contributed by atoms with Gasteiger partial charge in [-0.15, -0.1) is 0 Å². The number of ether oxygens (including phenoxy) is 2. The van der Waals surface area contributed by atoms with E-state index in [-0.39, 0.29) is 30.7 Å². The third-order valence-electron chi connectivity index (χ3n) is 5.57. The molecular weight excluding hydrogens is 389 g/mol. The predicted octanol–water partition coefficient (Wildman–Crippen LogP) is 2.96. The number of alkyl carbamates (subject to hydrolysis) is 1. The van der Waals surface area contributed by atoms with Crippen molar-refractivity contribution < 1.29 is 23.5 Å². The van der Waals surface area contributed by atoms with Gasteiger partial charge in [0.1, 0.15) is 11.9 Å². The lowest BCUT2D eigenvalue weighted by Gasteiger charge is -2.29. The van der Waals surface area contributed by atoms with Gasteiger partial charge in [-0.05, 0) is 48.1 Å². The fraction of sp³-hybridized carbons (Fsp3) is 0.409. The van der Waals surface area contributed by atoms with Gasteiger partial charge in [0, 0.05) is 19.2 Å². The molecule has 7 nitrogen and oxygen atoms in total. The lowest BCUT2D eigenvalue weighted by atomic mass is 9.89. The van der Waals surface area contributed by atoms with E-state index < -0.39 is 12.2 Å². The molecule has 2 aliphatic heterocycles. The van der Waals surface area contributed by atoms with Crippen LogP contribution in [0, 0.1) is 11.7 Å². The van der Waals surface area contributed by atoms with Gasteiger partial charge in [0.05, 0.1) is 31.6 Å². The van der Waals surface area contributed by atoms with Crippen molar-refractivity contribution in [1.82, 2.24) is 10.3 Å². The largest absolute Gasteiger partial charge is 0.460 e. The van der Waals surface area contributed by atoms with Gasteiger partial charge < -0.3 is 19.7 Å². The number of hydrogen-bond donors (Lipinski definition) is 1. The number of rotatable bonds is 5. The number of carbonyl (C=O) groups excluding carboxylic acids is 2. The van der Waals surface area contributed by atoms with Crippen molar-refractivity contribution in [3.05, 3.63) is 59.2 Å². The van der Waals surface area contributed by atoms with Gasteiger partial charge in [-0.2, -0.15) is 0 Å². The van der Waals surface area contributed by atoms with Gasteiger partial charge in [0.25, 0.3) is 0 Å². The van der Waals surface area contributed by atoms with E-state index >= 15 is 0 Å². The Kier molecular flexibility index (Phi) is 5.83. The maximum Gasteiger partial charge on any atom is 0.406 e. The fourth-order valence-corrected chi connectivity index (χ4v) is 4.16. The highest BCUT2D eigenvalue weighted by molar-refractivity contribution is 5.71. The molecule has 1 amide bonds. The number of nitrogens with one attached hydrogen (secondary N) is 1. The van der Waals surface area contributed by atoms with Crippen molar-refractivity contribution in [3.63, 3.8) is 0 Å². The van der Waals surface area contributed by atoms with Crippen LogP contribution in [0.4, 0.5) is 14.9 Å². The van der Waals surface area contributed by atoms with Crippen molar-refractivity contribution in [1.29, 1.82) is 0 Å². The van der Waals surface area contributed by atoms with Crippen molar-refractivity contribution >= 4 is 17.7 Å². The molecule has 0 bridgehead atoms. The average Bonchev–Trinajstić information content (AvgIpc) is 3.15. The Balaban J connectivity index is 1.38. The van der Waals surface area contributed by atoms with Gasteiger partial charge in [-0.3, -0.25) is 9.78 Å². The number of nitrogens with zero attached hydrogens (tertiary/aromatic N) is 2. The number of methoxy groups -OCH3 is 1. The van der Waals surface area contributed by atoms with Crippen LogP contribution in [0.3, 0.4) is 0 Å². The molecule has 1 fully saturated rings. The van der Waals surface area contributed by atoms with Gasteiger partial charge in [0.15, 0.2) is 0 Å². The molecule has 1 aromatic carbocycles. The van der Waals surface area contributed by atoms with Gasteiger partial charge in [0.2, 0.25) is 0 Å². The number of carbonyl (C=O) groups is 2. The fourth-order valence-electron chi connectivity index (χ4n) is 4.16. The smallest absolute Gasteiger partial charge is 0.406 e. The SMILES string of the molecule is COC(=O)NC[C@H]1CC(Cc2ccc(N3Cc4cccnc4C3)c(F)c2)CC(=O)O1. The highest BCUT2D eigenvalue weighted by atomic mass is 19.1. The molecule has 2 aromatic rings. The molecule has 0 radical (unpaired) electrons. The zero-order valence-corrected chi connectivity index (χ0v) is 16.8. The molecule has 1 saturated heterocycles. The highest BCUT2D eigenvalue weighted by Crippen LogP contribution is 2.31. The van der Waals surface area contributed by atoms with Crippen molar-refractivity contribution in [2.75, 3.05) is 18.6 Å². The minimum absolute atomic E-state index is 0.0289. The zero-order chi connectivity index (χ0) is 21.1. The number of esters is 1. The zero-order valence-electron chi connectivity index (χ0n) is 16.8. The molecular formula is C22H24FN3O4. The van der Waals surface area contributed by atoms with Gasteiger partial charge >= 0.3 is 12.1 Å². The number of cyclic esters (lactones) is 1. The lowest BCUT2D eigenvalue weighted by Crippen LogP contribution is -2.39. The summed E-state index contributed by atoms with van der Waals surface area (Å²) < 4.78 is 24.7. The number of fused-ring (bicyclic) bond motifs is 1. The van der Waals surface area contributed by atoms with Crippen molar-refractivity contribution in [3.8, 4) is 0 Å². The number of halogens is 1. The maximum atomic E-state index is 14.9. The van der Waals surface area contributed by atoms with Crippen molar-refractivity contribution in [2.45, 2.75) is 38.5 Å². The molecule has 158 valence electrons. The molecule has 0 saturated carbocycles. The van der Waals surface area contributed by atoms with Crippen LogP contribution in [0.1, 0.15) is 29.7 Å². The molecule has 1 aromatic heterocycles. The summed E-state index contributed by atoms with van der Waals surface area (Å²) in [5.41, 5.74) is 3.49. The Bertz CT molecular complexity index is 927. The van der Waals surface area contributed by atoms with E-state index in [2.05, 4.69) is 15.0 Å². The van der Waals surface area contributed by atoms with E-state index in [4.69, 9.17) is 4.74 Å². The minimum Gasteiger partial charge on any atom is -0.460 e. The van der Waals surface area contributed by atoms with E-state index in [0.29, 0.717) is 31.6 Å². The van der Waals surface area contributed by atoms with Crippen molar-refractivity contribution in [2.24, 2.45) is 5.92 Å². The summed E-state index contributed by atoms with van der Waals surface area (Å²) in [5, 5.41) is 2.55. The van der Waals surface area contributed by atoms with Crippen LogP contribution >= 0.6 is 0 Å². The quantitative estimate of drug-likeness (QED) is 0.759. The highest BCUT2D eigenvalue weighted by Gasteiger charge is 2.29. The Hall–Kier alpha value is -3.16. The van der Waals surface area contributed by atoms with Crippen LogP contribution in [0.15, 0.2) is 36.5 Å². The molecule has 3 heterocycles. The third kappa shape index (κ3) is 4.53. The standard InChI is InChI=1S/C22H24FN3O4/c1-29-22(28)25-11-17-8-15(10-21(27)30-17)7-14-4-5-20(18(23)9-14)26-12-16-3-2-6-24-19(16)13-26/h2-6,9,15,17H,7-8,10-13H2,1H3,(H,25,28)/t15?,17-/m1/s1. The summed E-state index contributed by atoms with van der Waals surface area (Å²) in [6.45, 7) is 1.43. The molecule has 8 heteroatoms. The summed E-state index contributed by atoms with van der Waals surface area (Å²) in [4.78, 5) is 29.5.